The van der Waals surface area contributed by atoms with E-state index in [1.807, 2.05) is 6.07 Å². The zero-order chi connectivity index (χ0) is 20.5. The molecule has 1 fully saturated rings. The molecule has 1 N–H and O–H groups in total. The van der Waals surface area contributed by atoms with E-state index in [0.29, 0.717) is 53.4 Å². The number of piperazine rings is 1. The largest absolute Gasteiger partial charge is 0.424 e. The van der Waals surface area contributed by atoms with Crippen LogP contribution < -0.4 is 15.0 Å². The maximum absolute atomic E-state index is 12.5. The molecule has 0 saturated carbocycles. The molecule has 0 spiro atoms. The van der Waals surface area contributed by atoms with Crippen LogP contribution >= 0.6 is 23.2 Å². The van der Waals surface area contributed by atoms with Crippen LogP contribution in [0.1, 0.15) is 5.69 Å². The number of amides is 2. The van der Waals surface area contributed by atoms with Crippen LogP contribution in [0.15, 0.2) is 30.5 Å². The molecule has 4 rings (SSSR count). The predicted octanol–water partition coefficient (Wildman–Crippen LogP) is 2.14. The molecule has 2 aromatic rings. The van der Waals surface area contributed by atoms with Gasteiger partial charge in [-0.3, -0.25) is 19.4 Å². The number of ether oxygens (including phenoxy) is 1. The topological polar surface area (TPSA) is 91.8 Å². The second-order valence-electron chi connectivity index (χ2n) is 6.65. The number of rotatable bonds is 2. The summed E-state index contributed by atoms with van der Waals surface area (Å²) < 4.78 is 5.00. The lowest BCUT2D eigenvalue weighted by molar-refractivity contribution is -0.143. The maximum atomic E-state index is 12.5. The molecule has 2 aliphatic heterocycles. The van der Waals surface area contributed by atoms with Gasteiger partial charge in [-0.25, -0.2) is 0 Å². The minimum Gasteiger partial charge on any atom is -0.424 e. The normalized spacial score (nSPS) is 15.7. The summed E-state index contributed by atoms with van der Waals surface area (Å²) in [6, 6.07) is 6.86. The van der Waals surface area contributed by atoms with Crippen molar-refractivity contribution in [3.05, 3.63) is 46.2 Å². The van der Waals surface area contributed by atoms with E-state index in [4.69, 9.17) is 27.9 Å². The molecule has 29 heavy (non-hydrogen) atoms. The van der Waals surface area contributed by atoms with Gasteiger partial charge in [-0.15, -0.1) is 0 Å². The Bertz CT molecular complexity index is 1010. The minimum atomic E-state index is -0.765. The molecule has 0 radical (unpaired) electrons. The van der Waals surface area contributed by atoms with Gasteiger partial charge in [0, 0.05) is 37.9 Å². The van der Waals surface area contributed by atoms with Crippen LogP contribution in [-0.2, 0) is 20.8 Å². The third-order valence-electron chi connectivity index (χ3n) is 4.75. The van der Waals surface area contributed by atoms with E-state index in [1.165, 1.54) is 17.2 Å². The number of pyridine rings is 1. The van der Waals surface area contributed by atoms with Gasteiger partial charge in [0.05, 0.1) is 34.0 Å². The Morgan fingerprint density at radius 2 is 1.83 bits per heavy atom. The number of carbonyl (C=O) groups is 3. The summed E-state index contributed by atoms with van der Waals surface area (Å²) in [5, 5.41) is 3.46. The third-order valence-corrected chi connectivity index (χ3v) is 5.49. The van der Waals surface area contributed by atoms with E-state index < -0.39 is 17.8 Å². The fourth-order valence-electron chi connectivity index (χ4n) is 3.24. The second-order valence-corrected chi connectivity index (χ2v) is 7.47. The summed E-state index contributed by atoms with van der Waals surface area (Å²) in [5.74, 6) is -1.49. The van der Waals surface area contributed by atoms with Gasteiger partial charge in [-0.1, -0.05) is 23.2 Å². The number of esters is 1. The fraction of sp³-hybridized carbons (Fsp3) is 0.263. The van der Waals surface area contributed by atoms with Crippen molar-refractivity contribution in [3.8, 4) is 5.75 Å². The molecule has 3 heterocycles. The quantitative estimate of drug-likeness (QED) is 0.574. The van der Waals surface area contributed by atoms with E-state index in [0.717, 1.165) is 5.69 Å². The number of hydrogen-bond donors (Lipinski definition) is 1. The summed E-state index contributed by atoms with van der Waals surface area (Å²) in [5.41, 5.74) is 1.72. The summed E-state index contributed by atoms with van der Waals surface area (Å²) in [6.45, 7) is 1.92. The molecule has 0 bridgehead atoms. The molecule has 1 aromatic carbocycles. The smallest absolute Gasteiger partial charge is 0.317 e. The van der Waals surface area contributed by atoms with Crippen molar-refractivity contribution in [1.82, 2.24) is 9.88 Å². The van der Waals surface area contributed by atoms with Crippen LogP contribution in [0.4, 0.5) is 11.4 Å². The summed E-state index contributed by atoms with van der Waals surface area (Å²) in [6.07, 6.45) is 1.50. The van der Waals surface area contributed by atoms with Gasteiger partial charge in [0.15, 0.2) is 5.75 Å². The average molecular weight is 435 g/mol. The number of aromatic nitrogens is 1. The Kier molecular flexibility index (Phi) is 5.29. The number of anilines is 2. The molecule has 1 saturated heterocycles. The van der Waals surface area contributed by atoms with Gasteiger partial charge in [0.1, 0.15) is 0 Å². The molecular formula is C19H16Cl2N4O4. The molecule has 1 aromatic heterocycles. The first kappa shape index (κ1) is 19.5. The number of nitrogens with one attached hydrogen (secondary N) is 1. The lowest BCUT2D eigenvalue weighted by Crippen LogP contribution is -2.51. The molecular weight excluding hydrogens is 419 g/mol. The van der Waals surface area contributed by atoms with E-state index in [9.17, 15) is 14.4 Å². The first-order valence-electron chi connectivity index (χ1n) is 8.90. The predicted molar refractivity (Wildman–Crippen MR) is 107 cm³/mol. The lowest BCUT2D eigenvalue weighted by atomic mass is 10.2. The Labute approximate surface area is 176 Å². The number of benzene rings is 1. The summed E-state index contributed by atoms with van der Waals surface area (Å²) in [7, 11) is 0. The molecule has 0 aliphatic carbocycles. The van der Waals surface area contributed by atoms with Crippen LogP contribution in [0.3, 0.4) is 0 Å². The van der Waals surface area contributed by atoms with Crippen LogP contribution in [-0.4, -0.2) is 53.8 Å². The molecule has 0 atom stereocenters. The molecule has 10 heteroatoms. The van der Waals surface area contributed by atoms with Gasteiger partial charge in [0.2, 0.25) is 0 Å². The first-order valence-corrected chi connectivity index (χ1v) is 9.66. The zero-order valence-electron chi connectivity index (χ0n) is 15.2. The Morgan fingerprint density at radius 1 is 1.07 bits per heavy atom. The minimum absolute atomic E-state index is 0.103. The standard InChI is InChI=1S/C19H16Cl2N4O4/c20-13-2-1-12(8-14(13)21)24-3-5-25(6-4-24)19(28)18(27)23-11-7-16-15(22-10-11)9-17(26)29-16/h1-2,7-8,10H,3-6,9H2,(H,23,27). The van der Waals surface area contributed by atoms with Crippen molar-refractivity contribution >= 4 is 52.4 Å². The Hall–Kier alpha value is -2.84. The van der Waals surface area contributed by atoms with Crippen molar-refractivity contribution in [2.75, 3.05) is 36.4 Å². The highest BCUT2D eigenvalue weighted by atomic mass is 35.5. The van der Waals surface area contributed by atoms with E-state index in [2.05, 4.69) is 15.2 Å². The maximum Gasteiger partial charge on any atom is 0.317 e. The second kappa shape index (κ2) is 7.88. The average Bonchev–Trinajstić information content (AvgIpc) is 3.09. The Balaban J connectivity index is 1.34. The Morgan fingerprint density at radius 3 is 2.55 bits per heavy atom. The van der Waals surface area contributed by atoms with Crippen LogP contribution in [0, 0.1) is 0 Å². The monoisotopic (exact) mass is 434 g/mol. The van der Waals surface area contributed by atoms with Gasteiger partial charge in [0.25, 0.3) is 0 Å². The highest BCUT2D eigenvalue weighted by Crippen LogP contribution is 2.28. The zero-order valence-corrected chi connectivity index (χ0v) is 16.7. The SMILES string of the molecule is O=C1Cc2ncc(NC(=O)C(=O)N3CCN(c4ccc(Cl)c(Cl)c4)CC3)cc2O1. The summed E-state index contributed by atoms with van der Waals surface area (Å²) in [4.78, 5) is 43.7. The molecule has 150 valence electrons. The number of halogens is 2. The molecule has 0 unspecified atom stereocenters. The van der Waals surface area contributed by atoms with E-state index in [1.54, 1.807) is 12.1 Å². The lowest BCUT2D eigenvalue weighted by Gasteiger charge is -2.35. The molecule has 8 nitrogen and oxygen atoms in total. The molecule has 2 amide bonds. The van der Waals surface area contributed by atoms with Crippen molar-refractivity contribution in [1.29, 1.82) is 0 Å². The van der Waals surface area contributed by atoms with E-state index >= 15 is 0 Å². The van der Waals surface area contributed by atoms with Crippen molar-refractivity contribution in [2.24, 2.45) is 0 Å². The number of fused-ring (bicyclic) bond motifs is 1. The van der Waals surface area contributed by atoms with E-state index in [-0.39, 0.29) is 6.42 Å². The highest BCUT2D eigenvalue weighted by molar-refractivity contribution is 6.42. The fourth-order valence-corrected chi connectivity index (χ4v) is 3.53. The molecule has 2 aliphatic rings. The van der Waals surface area contributed by atoms with Gasteiger partial charge in [-0.2, -0.15) is 0 Å². The van der Waals surface area contributed by atoms with Gasteiger partial charge < -0.3 is 19.9 Å². The van der Waals surface area contributed by atoms with Gasteiger partial charge >= 0.3 is 17.8 Å². The van der Waals surface area contributed by atoms with Crippen LogP contribution in [0.25, 0.3) is 0 Å². The number of carbonyl (C=O) groups excluding carboxylic acids is 3. The summed E-state index contributed by atoms with van der Waals surface area (Å²) >= 11 is 12.0. The third kappa shape index (κ3) is 4.13. The van der Waals surface area contributed by atoms with Crippen molar-refractivity contribution < 1.29 is 19.1 Å². The first-order chi connectivity index (χ1) is 13.9. The number of hydrogen-bond acceptors (Lipinski definition) is 6. The van der Waals surface area contributed by atoms with Crippen LogP contribution in [0.5, 0.6) is 5.75 Å². The van der Waals surface area contributed by atoms with Crippen molar-refractivity contribution in [3.63, 3.8) is 0 Å². The van der Waals surface area contributed by atoms with Crippen molar-refractivity contribution in [2.45, 2.75) is 6.42 Å². The highest BCUT2D eigenvalue weighted by Gasteiger charge is 2.27. The number of nitrogens with zero attached hydrogens (tertiary/aromatic N) is 3. The van der Waals surface area contributed by atoms with Crippen LogP contribution in [0.2, 0.25) is 10.0 Å². The van der Waals surface area contributed by atoms with Gasteiger partial charge in [-0.05, 0) is 18.2 Å².